The fourth-order valence-corrected chi connectivity index (χ4v) is 2.15. The van der Waals surface area contributed by atoms with Crippen LogP contribution in [0.1, 0.15) is 28.9 Å². The number of benzene rings is 2. The van der Waals surface area contributed by atoms with E-state index in [2.05, 4.69) is 26.6 Å². The molecule has 0 saturated carbocycles. The highest BCUT2D eigenvalue weighted by atomic mass is 79.9. The third-order valence-electron chi connectivity index (χ3n) is 3.27. The SMILES string of the molecule is CC(NC(=O)c1ccc(NC(=O)CBr)cc1)c1ccc(F)cc1. The van der Waals surface area contributed by atoms with Crippen LogP contribution in [0.25, 0.3) is 0 Å². The van der Waals surface area contributed by atoms with Gasteiger partial charge in [0.1, 0.15) is 5.82 Å². The highest BCUT2D eigenvalue weighted by molar-refractivity contribution is 9.09. The van der Waals surface area contributed by atoms with Gasteiger partial charge in [-0.1, -0.05) is 28.1 Å². The lowest BCUT2D eigenvalue weighted by molar-refractivity contribution is -0.113. The number of nitrogens with one attached hydrogen (secondary N) is 2. The van der Waals surface area contributed by atoms with E-state index in [9.17, 15) is 14.0 Å². The van der Waals surface area contributed by atoms with E-state index >= 15 is 0 Å². The summed E-state index contributed by atoms with van der Waals surface area (Å²) in [6.45, 7) is 1.83. The third kappa shape index (κ3) is 4.89. The molecule has 120 valence electrons. The monoisotopic (exact) mass is 378 g/mol. The Balaban J connectivity index is 2.00. The Morgan fingerprint density at radius 3 is 2.26 bits per heavy atom. The van der Waals surface area contributed by atoms with Crippen molar-refractivity contribution in [3.63, 3.8) is 0 Å². The molecule has 2 N–H and O–H groups in total. The second-order valence-electron chi connectivity index (χ2n) is 5.01. The lowest BCUT2D eigenvalue weighted by Gasteiger charge is -2.14. The van der Waals surface area contributed by atoms with E-state index in [0.717, 1.165) is 5.56 Å². The summed E-state index contributed by atoms with van der Waals surface area (Å²) in [4.78, 5) is 23.5. The Hall–Kier alpha value is -2.21. The number of alkyl halides is 1. The summed E-state index contributed by atoms with van der Waals surface area (Å²) in [6, 6.07) is 12.4. The van der Waals surface area contributed by atoms with Gasteiger partial charge in [-0.05, 0) is 48.9 Å². The van der Waals surface area contributed by atoms with Crippen molar-refractivity contribution in [1.82, 2.24) is 5.32 Å². The van der Waals surface area contributed by atoms with Crippen LogP contribution in [0.3, 0.4) is 0 Å². The average molecular weight is 379 g/mol. The van der Waals surface area contributed by atoms with Crippen LogP contribution in [0, 0.1) is 5.82 Å². The average Bonchev–Trinajstić information content (AvgIpc) is 2.55. The minimum Gasteiger partial charge on any atom is -0.346 e. The fourth-order valence-electron chi connectivity index (χ4n) is 2.01. The zero-order chi connectivity index (χ0) is 16.8. The Labute approximate surface area is 142 Å². The number of carbonyl (C=O) groups is 2. The summed E-state index contributed by atoms with van der Waals surface area (Å²) in [6.07, 6.45) is 0. The minimum absolute atomic E-state index is 0.160. The summed E-state index contributed by atoms with van der Waals surface area (Å²) in [5.41, 5.74) is 1.93. The van der Waals surface area contributed by atoms with Crippen molar-refractivity contribution in [2.45, 2.75) is 13.0 Å². The molecule has 0 spiro atoms. The van der Waals surface area contributed by atoms with Gasteiger partial charge in [0.15, 0.2) is 0 Å². The second-order valence-corrected chi connectivity index (χ2v) is 5.57. The van der Waals surface area contributed by atoms with Crippen LogP contribution in [0.4, 0.5) is 10.1 Å². The molecule has 1 atom stereocenters. The number of amides is 2. The van der Waals surface area contributed by atoms with Crippen molar-refractivity contribution >= 4 is 33.4 Å². The number of halogens is 2. The first kappa shape index (κ1) is 17.1. The highest BCUT2D eigenvalue weighted by Crippen LogP contribution is 2.15. The molecule has 2 aromatic carbocycles. The molecule has 4 nitrogen and oxygen atoms in total. The summed E-state index contributed by atoms with van der Waals surface area (Å²) in [5.74, 6) is -0.708. The van der Waals surface area contributed by atoms with Crippen molar-refractivity contribution < 1.29 is 14.0 Å². The number of rotatable bonds is 5. The zero-order valence-corrected chi connectivity index (χ0v) is 14.1. The van der Waals surface area contributed by atoms with Gasteiger partial charge >= 0.3 is 0 Å². The van der Waals surface area contributed by atoms with Crippen LogP contribution in [0.15, 0.2) is 48.5 Å². The van der Waals surface area contributed by atoms with E-state index in [0.29, 0.717) is 11.3 Å². The molecule has 0 aromatic heterocycles. The van der Waals surface area contributed by atoms with E-state index < -0.39 is 0 Å². The second kappa shape index (κ2) is 7.87. The number of anilines is 1. The predicted octanol–water partition coefficient (Wildman–Crippen LogP) is 3.65. The molecule has 0 aliphatic rings. The van der Waals surface area contributed by atoms with Gasteiger partial charge in [-0.3, -0.25) is 9.59 Å². The first-order valence-electron chi connectivity index (χ1n) is 7.02. The molecule has 0 bridgehead atoms. The minimum atomic E-state index is -0.312. The van der Waals surface area contributed by atoms with E-state index in [1.807, 2.05) is 6.92 Å². The Kier molecular flexibility index (Phi) is 5.87. The van der Waals surface area contributed by atoms with Crippen molar-refractivity contribution in [2.75, 3.05) is 10.6 Å². The van der Waals surface area contributed by atoms with Crippen LogP contribution < -0.4 is 10.6 Å². The Morgan fingerprint density at radius 1 is 1.09 bits per heavy atom. The summed E-state index contributed by atoms with van der Waals surface area (Å²) in [5, 5.41) is 5.74. The molecule has 1 unspecified atom stereocenters. The highest BCUT2D eigenvalue weighted by Gasteiger charge is 2.11. The molecule has 0 saturated heterocycles. The molecule has 6 heteroatoms. The van der Waals surface area contributed by atoms with Gasteiger partial charge in [0.05, 0.1) is 11.4 Å². The van der Waals surface area contributed by atoms with E-state index in [-0.39, 0.29) is 29.0 Å². The van der Waals surface area contributed by atoms with Crippen molar-refractivity contribution in [1.29, 1.82) is 0 Å². The number of carbonyl (C=O) groups excluding carboxylic acids is 2. The summed E-state index contributed by atoms with van der Waals surface area (Å²) in [7, 11) is 0. The smallest absolute Gasteiger partial charge is 0.251 e. The molecule has 0 aliphatic heterocycles. The number of hydrogen-bond donors (Lipinski definition) is 2. The molecular weight excluding hydrogens is 363 g/mol. The maximum atomic E-state index is 12.9. The maximum Gasteiger partial charge on any atom is 0.251 e. The first-order chi connectivity index (χ1) is 11.0. The molecule has 2 amide bonds. The maximum absolute atomic E-state index is 12.9. The summed E-state index contributed by atoms with van der Waals surface area (Å²) < 4.78 is 12.9. The molecule has 2 aromatic rings. The van der Waals surface area contributed by atoms with Crippen LogP contribution in [-0.2, 0) is 4.79 Å². The van der Waals surface area contributed by atoms with Crippen molar-refractivity contribution in [3.8, 4) is 0 Å². The standard InChI is InChI=1S/C17H16BrFN2O2/c1-11(12-2-6-14(19)7-3-12)20-17(23)13-4-8-15(9-5-13)21-16(22)10-18/h2-9,11H,10H2,1H3,(H,20,23)(H,21,22). The molecule has 23 heavy (non-hydrogen) atoms. The van der Waals surface area contributed by atoms with Gasteiger partial charge in [0.2, 0.25) is 5.91 Å². The molecule has 2 rings (SSSR count). The fraction of sp³-hybridized carbons (Fsp3) is 0.176. The zero-order valence-electron chi connectivity index (χ0n) is 12.5. The van der Waals surface area contributed by atoms with Crippen molar-refractivity contribution in [3.05, 3.63) is 65.5 Å². The van der Waals surface area contributed by atoms with E-state index in [4.69, 9.17) is 0 Å². The normalized spacial score (nSPS) is 11.6. The molecule has 0 radical (unpaired) electrons. The van der Waals surface area contributed by atoms with Crippen LogP contribution >= 0.6 is 15.9 Å². The van der Waals surface area contributed by atoms with Crippen LogP contribution in [-0.4, -0.2) is 17.1 Å². The Bertz CT molecular complexity index is 687. The quantitative estimate of drug-likeness (QED) is 0.780. The van der Waals surface area contributed by atoms with Gasteiger partial charge in [-0.15, -0.1) is 0 Å². The van der Waals surface area contributed by atoms with Crippen molar-refractivity contribution in [2.24, 2.45) is 0 Å². The third-order valence-corrected chi connectivity index (χ3v) is 3.78. The van der Waals surface area contributed by atoms with Crippen LogP contribution in [0.2, 0.25) is 0 Å². The predicted molar refractivity (Wildman–Crippen MR) is 91.1 cm³/mol. The van der Waals surface area contributed by atoms with Gasteiger partial charge in [0.25, 0.3) is 5.91 Å². The van der Waals surface area contributed by atoms with Gasteiger partial charge in [-0.25, -0.2) is 4.39 Å². The van der Waals surface area contributed by atoms with Crippen LogP contribution in [0.5, 0.6) is 0 Å². The summed E-state index contributed by atoms with van der Waals surface area (Å²) >= 11 is 3.06. The lowest BCUT2D eigenvalue weighted by atomic mass is 10.1. The first-order valence-corrected chi connectivity index (χ1v) is 8.14. The number of hydrogen-bond acceptors (Lipinski definition) is 2. The van der Waals surface area contributed by atoms with Gasteiger partial charge < -0.3 is 10.6 Å². The van der Waals surface area contributed by atoms with Gasteiger partial charge in [0, 0.05) is 11.3 Å². The molecule has 0 aliphatic carbocycles. The van der Waals surface area contributed by atoms with E-state index in [1.54, 1.807) is 36.4 Å². The molecular formula is C17H16BrFN2O2. The molecule has 0 heterocycles. The van der Waals surface area contributed by atoms with E-state index in [1.165, 1.54) is 12.1 Å². The lowest BCUT2D eigenvalue weighted by Crippen LogP contribution is -2.26. The largest absolute Gasteiger partial charge is 0.346 e. The topological polar surface area (TPSA) is 58.2 Å². The Morgan fingerprint density at radius 2 is 1.70 bits per heavy atom. The molecule has 0 fully saturated rings. The van der Waals surface area contributed by atoms with Gasteiger partial charge in [-0.2, -0.15) is 0 Å².